The summed E-state index contributed by atoms with van der Waals surface area (Å²) in [6.45, 7) is 5.10. The van der Waals surface area contributed by atoms with Crippen LogP contribution in [0.15, 0.2) is 64.0 Å². The van der Waals surface area contributed by atoms with Gasteiger partial charge in [-0.1, -0.05) is 28.1 Å². The summed E-state index contributed by atoms with van der Waals surface area (Å²) >= 11 is 4.41. The molecule has 6 nitrogen and oxygen atoms in total. The van der Waals surface area contributed by atoms with Crippen LogP contribution in [0.1, 0.15) is 22.5 Å². The zero-order valence-electron chi connectivity index (χ0n) is 19.2. The Kier molecular flexibility index (Phi) is 7.60. The molecule has 2 heterocycles. The average Bonchev–Trinajstić information content (AvgIpc) is 3.26. The quantitative estimate of drug-likeness (QED) is 0.322. The van der Waals surface area contributed by atoms with Crippen molar-refractivity contribution >= 4 is 44.9 Å². The van der Waals surface area contributed by atoms with Gasteiger partial charge in [0.2, 0.25) is 0 Å². The lowest BCUT2D eigenvalue weighted by molar-refractivity contribution is -0.123. The van der Waals surface area contributed by atoms with E-state index in [0.717, 1.165) is 50.2 Å². The van der Waals surface area contributed by atoms with Gasteiger partial charge in [-0.2, -0.15) is 0 Å². The predicted octanol–water partition coefficient (Wildman–Crippen LogP) is 6.12. The van der Waals surface area contributed by atoms with Crippen LogP contribution in [-0.2, 0) is 16.1 Å². The van der Waals surface area contributed by atoms with Gasteiger partial charge in [-0.05, 0) is 85.3 Å². The number of ether oxygens (including phenoxy) is 2. The zero-order valence-corrected chi connectivity index (χ0v) is 21.6. The van der Waals surface area contributed by atoms with Gasteiger partial charge in [-0.25, -0.2) is 0 Å². The number of hydrogen-bond acceptors (Lipinski definition) is 5. The molecule has 1 aromatic heterocycles. The first-order valence-electron chi connectivity index (χ1n) is 10.8. The van der Waals surface area contributed by atoms with E-state index in [-0.39, 0.29) is 17.7 Å². The number of nitrogens with zero attached hydrogens (tertiary/aromatic N) is 2. The number of imide groups is 1. The van der Waals surface area contributed by atoms with Crippen LogP contribution in [0.2, 0.25) is 0 Å². The summed E-state index contributed by atoms with van der Waals surface area (Å²) in [4.78, 5) is 26.5. The summed E-state index contributed by atoms with van der Waals surface area (Å²) in [5.74, 6) is 0.517. The van der Waals surface area contributed by atoms with Crippen LogP contribution in [0, 0.1) is 13.8 Å². The third-order valence-corrected chi connectivity index (χ3v) is 7.00. The van der Waals surface area contributed by atoms with Crippen molar-refractivity contribution in [3.63, 3.8) is 0 Å². The highest BCUT2D eigenvalue weighted by Gasteiger charge is 2.34. The first-order valence-corrected chi connectivity index (χ1v) is 12.4. The normalized spacial score (nSPS) is 14.9. The first-order chi connectivity index (χ1) is 16.4. The number of hydrogen-bond donors (Lipinski definition) is 0. The number of aryl methyl sites for hydroxylation is 1. The molecule has 2 aromatic carbocycles. The SMILES string of the molecule is COCCN1C(=O)S/C(=C/c2cc(C)n(-c3ccc(OCc4ccc(Br)cc4)cc3)c2C)C1=O. The fourth-order valence-corrected chi connectivity index (χ4v) is 4.91. The summed E-state index contributed by atoms with van der Waals surface area (Å²) in [5, 5.41) is -0.263. The zero-order chi connectivity index (χ0) is 24.2. The minimum absolute atomic E-state index is 0.258. The topological polar surface area (TPSA) is 60.8 Å². The molecule has 3 aromatic rings. The maximum Gasteiger partial charge on any atom is 0.293 e. The molecule has 0 bridgehead atoms. The Morgan fingerprint density at radius 1 is 1.03 bits per heavy atom. The molecule has 0 N–H and O–H groups in total. The van der Waals surface area contributed by atoms with Gasteiger partial charge in [0.25, 0.3) is 11.1 Å². The first kappa shape index (κ1) is 24.3. The molecule has 0 atom stereocenters. The minimum Gasteiger partial charge on any atom is -0.489 e. The van der Waals surface area contributed by atoms with Crippen molar-refractivity contribution < 1.29 is 19.1 Å². The summed E-state index contributed by atoms with van der Waals surface area (Å²) in [7, 11) is 1.55. The molecule has 4 rings (SSSR count). The van der Waals surface area contributed by atoms with Crippen molar-refractivity contribution in [1.29, 1.82) is 0 Å². The van der Waals surface area contributed by atoms with Gasteiger partial charge in [-0.15, -0.1) is 0 Å². The van der Waals surface area contributed by atoms with E-state index in [1.807, 2.05) is 68.4 Å². The van der Waals surface area contributed by atoms with Gasteiger partial charge in [0.1, 0.15) is 12.4 Å². The van der Waals surface area contributed by atoms with Gasteiger partial charge in [0.05, 0.1) is 18.1 Å². The summed E-state index contributed by atoms with van der Waals surface area (Å²) < 4.78 is 14.1. The molecular weight excluding hydrogens is 516 g/mol. The lowest BCUT2D eigenvalue weighted by Crippen LogP contribution is -2.31. The number of amides is 2. The largest absolute Gasteiger partial charge is 0.489 e. The Labute approximate surface area is 211 Å². The van der Waals surface area contributed by atoms with Crippen molar-refractivity contribution in [3.05, 3.63) is 86.5 Å². The van der Waals surface area contributed by atoms with Crippen molar-refractivity contribution in [1.82, 2.24) is 9.47 Å². The number of rotatable bonds is 8. The van der Waals surface area contributed by atoms with Crippen LogP contribution in [-0.4, -0.2) is 40.9 Å². The smallest absolute Gasteiger partial charge is 0.293 e. The Hall–Kier alpha value is -2.81. The minimum atomic E-state index is -0.274. The second kappa shape index (κ2) is 10.6. The van der Waals surface area contributed by atoms with E-state index in [9.17, 15) is 9.59 Å². The number of benzene rings is 2. The van der Waals surface area contributed by atoms with E-state index in [1.165, 1.54) is 4.90 Å². The van der Waals surface area contributed by atoms with Crippen LogP contribution < -0.4 is 4.74 Å². The van der Waals surface area contributed by atoms with E-state index < -0.39 is 0 Å². The highest BCUT2D eigenvalue weighted by molar-refractivity contribution is 9.10. The molecule has 176 valence electrons. The molecule has 1 fully saturated rings. The molecule has 0 spiro atoms. The van der Waals surface area contributed by atoms with Gasteiger partial charge in [0.15, 0.2) is 0 Å². The maximum atomic E-state index is 12.7. The standard InChI is InChI=1S/C26H25BrN2O4S/c1-17-14-20(15-24-25(30)28(12-13-32-3)26(31)34-24)18(2)29(17)22-8-10-23(11-9-22)33-16-19-4-6-21(27)7-5-19/h4-11,14-15H,12-13,16H2,1-3H3/b24-15+. The third-order valence-electron chi connectivity index (χ3n) is 5.56. The maximum absolute atomic E-state index is 12.7. The number of aromatic nitrogens is 1. The van der Waals surface area contributed by atoms with Crippen LogP contribution >= 0.6 is 27.7 Å². The molecule has 0 radical (unpaired) electrons. The number of methoxy groups -OCH3 is 1. The second-order valence-electron chi connectivity index (χ2n) is 7.90. The lowest BCUT2D eigenvalue weighted by atomic mass is 10.2. The Morgan fingerprint density at radius 2 is 1.74 bits per heavy atom. The Morgan fingerprint density at radius 3 is 2.41 bits per heavy atom. The molecule has 1 aliphatic heterocycles. The van der Waals surface area contributed by atoms with Gasteiger partial charge in [-0.3, -0.25) is 14.5 Å². The lowest BCUT2D eigenvalue weighted by Gasteiger charge is -2.12. The van der Waals surface area contributed by atoms with E-state index in [2.05, 4.69) is 20.5 Å². The van der Waals surface area contributed by atoms with E-state index in [0.29, 0.717) is 18.1 Å². The third kappa shape index (κ3) is 5.29. The summed E-state index contributed by atoms with van der Waals surface area (Å²) in [5.41, 5.74) is 5.03. The van der Waals surface area contributed by atoms with E-state index in [4.69, 9.17) is 9.47 Å². The van der Waals surface area contributed by atoms with E-state index in [1.54, 1.807) is 13.2 Å². The van der Waals surface area contributed by atoms with Crippen molar-refractivity contribution in [2.75, 3.05) is 20.3 Å². The molecular formula is C26H25BrN2O4S. The summed E-state index contributed by atoms with van der Waals surface area (Å²) in [6, 6.07) is 18.0. The number of carbonyl (C=O) groups is 2. The van der Waals surface area contributed by atoms with Crippen LogP contribution in [0.5, 0.6) is 5.75 Å². The van der Waals surface area contributed by atoms with E-state index >= 15 is 0 Å². The molecule has 0 aliphatic carbocycles. The van der Waals surface area contributed by atoms with Crippen molar-refractivity contribution in [2.45, 2.75) is 20.5 Å². The Balaban J connectivity index is 1.50. The molecule has 0 unspecified atom stereocenters. The van der Waals surface area contributed by atoms with Crippen molar-refractivity contribution in [3.8, 4) is 11.4 Å². The second-order valence-corrected chi connectivity index (χ2v) is 9.81. The average molecular weight is 541 g/mol. The molecule has 0 saturated carbocycles. The Bertz CT molecular complexity index is 1230. The molecule has 8 heteroatoms. The molecule has 1 saturated heterocycles. The number of carbonyl (C=O) groups excluding carboxylic acids is 2. The van der Waals surface area contributed by atoms with Crippen LogP contribution in [0.4, 0.5) is 4.79 Å². The number of halogens is 1. The van der Waals surface area contributed by atoms with Gasteiger partial charge >= 0.3 is 0 Å². The predicted molar refractivity (Wildman–Crippen MR) is 138 cm³/mol. The monoisotopic (exact) mass is 540 g/mol. The van der Waals surface area contributed by atoms with Crippen molar-refractivity contribution in [2.24, 2.45) is 0 Å². The molecule has 34 heavy (non-hydrogen) atoms. The van der Waals surface area contributed by atoms with Crippen LogP contribution in [0.25, 0.3) is 11.8 Å². The van der Waals surface area contributed by atoms with Crippen LogP contribution in [0.3, 0.4) is 0 Å². The fraction of sp³-hybridized carbons (Fsp3) is 0.231. The summed E-state index contributed by atoms with van der Waals surface area (Å²) in [6.07, 6.45) is 1.80. The fourth-order valence-electron chi connectivity index (χ4n) is 3.79. The number of thioether (sulfide) groups is 1. The van der Waals surface area contributed by atoms with Gasteiger partial charge in [0, 0.05) is 28.7 Å². The molecule has 2 amide bonds. The molecule has 1 aliphatic rings. The highest BCUT2D eigenvalue weighted by atomic mass is 79.9. The van der Waals surface area contributed by atoms with Gasteiger partial charge < -0.3 is 14.0 Å². The highest BCUT2D eigenvalue weighted by Crippen LogP contribution is 2.33.